The van der Waals surface area contributed by atoms with Crippen LogP contribution < -0.4 is 10.1 Å². The normalized spacial score (nSPS) is 10.0. The quantitative estimate of drug-likeness (QED) is 0.846. The van der Waals surface area contributed by atoms with Gasteiger partial charge in [0.05, 0.1) is 6.61 Å². The van der Waals surface area contributed by atoms with Crippen LogP contribution in [0.1, 0.15) is 5.56 Å². The molecule has 0 amide bonds. The summed E-state index contributed by atoms with van der Waals surface area (Å²) < 4.78 is 5.59. The molecule has 0 fully saturated rings. The predicted octanol–water partition coefficient (Wildman–Crippen LogP) is 2.41. The molecule has 1 aromatic heterocycles. The third-order valence-corrected chi connectivity index (χ3v) is 2.31. The second-order valence-corrected chi connectivity index (χ2v) is 3.52. The molecule has 4 nitrogen and oxygen atoms in total. The highest BCUT2D eigenvalue weighted by Crippen LogP contribution is 2.20. The van der Waals surface area contributed by atoms with E-state index in [9.17, 15) is 0 Å². The van der Waals surface area contributed by atoms with Crippen molar-refractivity contribution >= 4 is 5.82 Å². The van der Waals surface area contributed by atoms with Gasteiger partial charge in [0.25, 0.3) is 0 Å². The minimum atomic E-state index is 0.0355. The molecule has 1 heterocycles. The van der Waals surface area contributed by atoms with Crippen LogP contribution in [0.15, 0.2) is 42.5 Å². The maximum absolute atomic E-state index is 8.93. The van der Waals surface area contributed by atoms with Crippen molar-refractivity contribution in [3.8, 4) is 11.6 Å². The van der Waals surface area contributed by atoms with Gasteiger partial charge in [-0.05, 0) is 23.8 Å². The topological polar surface area (TPSA) is 54.4 Å². The molecule has 0 unspecified atom stereocenters. The number of aliphatic hydroxyl groups is 1. The summed E-state index contributed by atoms with van der Waals surface area (Å²) in [7, 11) is 1.81. The Kier molecular flexibility index (Phi) is 3.57. The van der Waals surface area contributed by atoms with Gasteiger partial charge < -0.3 is 15.2 Å². The number of pyridine rings is 1. The molecule has 1 aromatic carbocycles. The van der Waals surface area contributed by atoms with Crippen LogP contribution in [0.5, 0.6) is 11.6 Å². The Balaban J connectivity index is 2.13. The van der Waals surface area contributed by atoms with E-state index < -0.39 is 0 Å². The number of rotatable bonds is 4. The number of hydrogen-bond acceptors (Lipinski definition) is 4. The molecule has 0 saturated carbocycles. The zero-order valence-corrected chi connectivity index (χ0v) is 9.55. The summed E-state index contributed by atoms with van der Waals surface area (Å²) in [4.78, 5) is 4.25. The van der Waals surface area contributed by atoms with Gasteiger partial charge in [-0.3, -0.25) is 0 Å². The Morgan fingerprint density at radius 2 is 1.94 bits per heavy atom. The lowest BCUT2D eigenvalue weighted by molar-refractivity contribution is 0.281. The van der Waals surface area contributed by atoms with Gasteiger partial charge >= 0.3 is 0 Å². The van der Waals surface area contributed by atoms with Crippen LogP contribution in [0.4, 0.5) is 5.82 Å². The summed E-state index contributed by atoms with van der Waals surface area (Å²) >= 11 is 0. The second kappa shape index (κ2) is 5.32. The third kappa shape index (κ3) is 2.95. The lowest BCUT2D eigenvalue weighted by atomic mass is 10.2. The molecule has 2 aromatic rings. The van der Waals surface area contributed by atoms with Crippen LogP contribution in [-0.2, 0) is 6.61 Å². The van der Waals surface area contributed by atoms with Crippen molar-refractivity contribution < 1.29 is 9.84 Å². The largest absolute Gasteiger partial charge is 0.439 e. The van der Waals surface area contributed by atoms with Crippen LogP contribution in [0.25, 0.3) is 0 Å². The van der Waals surface area contributed by atoms with Crippen molar-refractivity contribution in [3.05, 3.63) is 48.0 Å². The van der Waals surface area contributed by atoms with Crippen LogP contribution in [-0.4, -0.2) is 17.1 Å². The SMILES string of the molecule is CNc1cccc(Oc2ccc(CO)cc2)n1. The fourth-order valence-electron chi connectivity index (χ4n) is 1.39. The van der Waals surface area contributed by atoms with Crippen molar-refractivity contribution in [2.75, 3.05) is 12.4 Å². The van der Waals surface area contributed by atoms with Crippen LogP contribution in [0.3, 0.4) is 0 Å². The zero-order chi connectivity index (χ0) is 12.1. The standard InChI is InChI=1S/C13H14N2O2/c1-14-12-3-2-4-13(15-12)17-11-7-5-10(9-16)6-8-11/h2-8,16H,9H2,1H3,(H,14,15). The van der Waals surface area contributed by atoms with Gasteiger partial charge in [0, 0.05) is 13.1 Å². The Bertz CT molecular complexity index is 483. The van der Waals surface area contributed by atoms with Gasteiger partial charge in [0.1, 0.15) is 11.6 Å². The zero-order valence-electron chi connectivity index (χ0n) is 9.55. The van der Waals surface area contributed by atoms with E-state index in [0.717, 1.165) is 11.4 Å². The maximum Gasteiger partial charge on any atom is 0.221 e. The highest BCUT2D eigenvalue weighted by Gasteiger charge is 1.99. The number of hydrogen-bond donors (Lipinski definition) is 2. The van der Waals surface area contributed by atoms with E-state index in [4.69, 9.17) is 9.84 Å². The molecule has 0 aliphatic carbocycles. The highest BCUT2D eigenvalue weighted by molar-refractivity contribution is 5.38. The molecule has 0 spiro atoms. The first-order valence-electron chi connectivity index (χ1n) is 5.34. The highest BCUT2D eigenvalue weighted by atomic mass is 16.5. The lowest BCUT2D eigenvalue weighted by Gasteiger charge is -2.06. The number of benzene rings is 1. The first-order valence-corrected chi connectivity index (χ1v) is 5.34. The van der Waals surface area contributed by atoms with Gasteiger partial charge in [-0.25, -0.2) is 0 Å². The third-order valence-electron chi connectivity index (χ3n) is 2.31. The molecular formula is C13H14N2O2. The average Bonchev–Trinajstić information content (AvgIpc) is 2.40. The average molecular weight is 230 g/mol. The van der Waals surface area contributed by atoms with Crippen LogP contribution >= 0.6 is 0 Å². The van der Waals surface area contributed by atoms with Gasteiger partial charge in [0.2, 0.25) is 5.88 Å². The Morgan fingerprint density at radius 1 is 1.18 bits per heavy atom. The number of aliphatic hydroxyl groups excluding tert-OH is 1. The molecule has 88 valence electrons. The summed E-state index contributed by atoms with van der Waals surface area (Å²) in [6.45, 7) is 0.0355. The monoisotopic (exact) mass is 230 g/mol. The Hall–Kier alpha value is -2.07. The van der Waals surface area contributed by atoms with Crippen LogP contribution in [0.2, 0.25) is 0 Å². The number of nitrogens with one attached hydrogen (secondary N) is 1. The predicted molar refractivity (Wildman–Crippen MR) is 66.2 cm³/mol. The molecule has 0 bridgehead atoms. The van der Waals surface area contributed by atoms with E-state index in [1.165, 1.54) is 0 Å². The van der Waals surface area contributed by atoms with Gasteiger partial charge in [0.15, 0.2) is 0 Å². The van der Waals surface area contributed by atoms with E-state index in [1.54, 1.807) is 18.2 Å². The summed E-state index contributed by atoms with van der Waals surface area (Å²) in [6.07, 6.45) is 0. The first-order chi connectivity index (χ1) is 8.31. The molecule has 2 N–H and O–H groups in total. The number of nitrogens with zero attached hydrogens (tertiary/aromatic N) is 1. The van der Waals surface area contributed by atoms with Crippen molar-refractivity contribution in [2.45, 2.75) is 6.61 Å². The Labute approximate surface area is 99.9 Å². The van der Waals surface area contributed by atoms with Crippen LogP contribution in [0, 0.1) is 0 Å². The second-order valence-electron chi connectivity index (χ2n) is 3.52. The minimum Gasteiger partial charge on any atom is -0.439 e. The molecule has 0 radical (unpaired) electrons. The van der Waals surface area contributed by atoms with Gasteiger partial charge in [-0.1, -0.05) is 18.2 Å². The summed E-state index contributed by atoms with van der Waals surface area (Å²) in [5.74, 6) is 1.99. The molecule has 4 heteroatoms. The van der Waals surface area contributed by atoms with E-state index >= 15 is 0 Å². The van der Waals surface area contributed by atoms with E-state index in [-0.39, 0.29) is 6.61 Å². The smallest absolute Gasteiger partial charge is 0.221 e. The van der Waals surface area contributed by atoms with Gasteiger partial charge in [-0.15, -0.1) is 0 Å². The number of ether oxygens (including phenoxy) is 1. The minimum absolute atomic E-state index is 0.0355. The summed E-state index contributed by atoms with van der Waals surface area (Å²) in [6, 6.07) is 12.8. The molecule has 17 heavy (non-hydrogen) atoms. The molecule has 0 aliphatic rings. The molecule has 0 saturated heterocycles. The summed E-state index contributed by atoms with van der Waals surface area (Å²) in [5, 5.41) is 11.9. The van der Waals surface area contributed by atoms with E-state index in [1.807, 2.05) is 31.3 Å². The van der Waals surface area contributed by atoms with Gasteiger partial charge in [-0.2, -0.15) is 4.98 Å². The molecule has 2 rings (SSSR count). The lowest BCUT2D eigenvalue weighted by Crippen LogP contribution is -1.94. The van der Waals surface area contributed by atoms with Crippen molar-refractivity contribution in [2.24, 2.45) is 0 Å². The maximum atomic E-state index is 8.93. The fourth-order valence-corrected chi connectivity index (χ4v) is 1.39. The van der Waals surface area contributed by atoms with E-state index in [2.05, 4.69) is 10.3 Å². The number of aromatic nitrogens is 1. The van der Waals surface area contributed by atoms with E-state index in [0.29, 0.717) is 11.6 Å². The summed E-state index contributed by atoms with van der Waals surface area (Å²) in [5.41, 5.74) is 0.856. The molecule has 0 atom stereocenters. The fraction of sp³-hybridized carbons (Fsp3) is 0.154. The van der Waals surface area contributed by atoms with Crippen molar-refractivity contribution in [1.29, 1.82) is 0 Å². The van der Waals surface area contributed by atoms with Crippen molar-refractivity contribution in [1.82, 2.24) is 4.98 Å². The molecular weight excluding hydrogens is 216 g/mol. The molecule has 0 aliphatic heterocycles. The van der Waals surface area contributed by atoms with Crippen molar-refractivity contribution in [3.63, 3.8) is 0 Å². The first kappa shape index (κ1) is 11.4. The Morgan fingerprint density at radius 3 is 2.59 bits per heavy atom. The number of anilines is 1.